The lowest BCUT2D eigenvalue weighted by Crippen LogP contribution is -2.12. The number of amides is 1. The molecule has 1 N–H and O–H groups in total. The highest BCUT2D eigenvalue weighted by Crippen LogP contribution is 2.17. The summed E-state index contributed by atoms with van der Waals surface area (Å²) in [6.45, 7) is 2.03. The standard InChI is InChI=1S/C13H14ClN3O3/c1-2-20-13(19)10-8-15-17-6-4-9(7-11(10)17)16-12(18)3-5-14/h4,6-8H,2-3,5H2,1H3,(H,16,18). The molecule has 0 aliphatic rings. The van der Waals surface area contributed by atoms with Crippen LogP contribution in [0.5, 0.6) is 0 Å². The van der Waals surface area contributed by atoms with Crippen LogP contribution in [0.15, 0.2) is 24.5 Å². The van der Waals surface area contributed by atoms with E-state index in [0.29, 0.717) is 23.4 Å². The van der Waals surface area contributed by atoms with E-state index in [9.17, 15) is 9.59 Å². The Bertz CT molecular complexity index is 639. The number of ether oxygens (including phenoxy) is 1. The maximum atomic E-state index is 11.8. The lowest BCUT2D eigenvalue weighted by Gasteiger charge is -2.05. The van der Waals surface area contributed by atoms with Gasteiger partial charge in [-0.2, -0.15) is 5.10 Å². The second-order valence-electron chi connectivity index (χ2n) is 4.01. The summed E-state index contributed by atoms with van der Waals surface area (Å²) in [4.78, 5) is 23.3. The third-order valence-corrected chi connectivity index (χ3v) is 2.81. The van der Waals surface area contributed by atoms with Crippen LogP contribution in [0.4, 0.5) is 5.69 Å². The first-order valence-corrected chi connectivity index (χ1v) is 6.69. The average molecular weight is 296 g/mol. The molecule has 0 unspecified atom stereocenters. The van der Waals surface area contributed by atoms with Gasteiger partial charge in [-0.3, -0.25) is 4.79 Å². The molecule has 0 spiro atoms. The fraction of sp³-hybridized carbons (Fsp3) is 0.308. The maximum Gasteiger partial charge on any atom is 0.341 e. The molecule has 2 aromatic rings. The quantitative estimate of drug-likeness (QED) is 0.677. The Morgan fingerprint density at radius 2 is 2.30 bits per heavy atom. The number of nitrogens with zero attached hydrogens (tertiary/aromatic N) is 2. The molecule has 0 aliphatic carbocycles. The number of fused-ring (bicyclic) bond motifs is 1. The molecule has 7 heteroatoms. The number of carbonyl (C=O) groups excluding carboxylic acids is 2. The lowest BCUT2D eigenvalue weighted by atomic mass is 10.2. The number of carbonyl (C=O) groups is 2. The maximum absolute atomic E-state index is 11.8. The first kappa shape index (κ1) is 14.3. The fourth-order valence-corrected chi connectivity index (χ4v) is 1.91. The summed E-state index contributed by atoms with van der Waals surface area (Å²) in [5.74, 6) is -0.359. The van der Waals surface area contributed by atoms with Crippen molar-refractivity contribution < 1.29 is 14.3 Å². The van der Waals surface area contributed by atoms with E-state index >= 15 is 0 Å². The van der Waals surface area contributed by atoms with Crippen molar-refractivity contribution in [3.63, 3.8) is 0 Å². The van der Waals surface area contributed by atoms with Gasteiger partial charge in [0.25, 0.3) is 0 Å². The highest BCUT2D eigenvalue weighted by molar-refractivity contribution is 6.19. The molecule has 1 amide bonds. The first-order valence-electron chi connectivity index (χ1n) is 6.16. The number of nitrogens with one attached hydrogen (secondary N) is 1. The zero-order valence-corrected chi connectivity index (χ0v) is 11.7. The van der Waals surface area contributed by atoms with Gasteiger partial charge in [0.2, 0.25) is 5.91 Å². The summed E-state index contributed by atoms with van der Waals surface area (Å²) in [5.41, 5.74) is 1.52. The van der Waals surface area contributed by atoms with Crippen LogP contribution in [0.1, 0.15) is 23.7 Å². The van der Waals surface area contributed by atoms with E-state index in [1.165, 1.54) is 6.20 Å². The molecule has 0 saturated heterocycles. The van der Waals surface area contributed by atoms with Crippen LogP contribution in [-0.4, -0.2) is 34.0 Å². The Kier molecular flexibility index (Phi) is 4.57. The van der Waals surface area contributed by atoms with Crippen molar-refractivity contribution in [2.75, 3.05) is 17.8 Å². The van der Waals surface area contributed by atoms with Gasteiger partial charge >= 0.3 is 5.97 Å². The normalized spacial score (nSPS) is 10.5. The molecule has 0 fully saturated rings. The van der Waals surface area contributed by atoms with Crippen LogP contribution < -0.4 is 5.32 Å². The zero-order chi connectivity index (χ0) is 14.5. The average Bonchev–Trinajstić information content (AvgIpc) is 2.82. The highest BCUT2D eigenvalue weighted by atomic mass is 35.5. The summed E-state index contributed by atoms with van der Waals surface area (Å²) in [5, 5.41) is 6.77. The molecule has 2 heterocycles. The SMILES string of the molecule is CCOC(=O)c1cnn2ccc(NC(=O)CCCl)cc12. The Hall–Kier alpha value is -2.08. The van der Waals surface area contributed by atoms with Gasteiger partial charge in [0.05, 0.1) is 18.3 Å². The molecule has 106 valence electrons. The monoisotopic (exact) mass is 295 g/mol. The van der Waals surface area contributed by atoms with Gasteiger partial charge in [-0.15, -0.1) is 11.6 Å². The van der Waals surface area contributed by atoms with E-state index in [1.54, 1.807) is 29.8 Å². The van der Waals surface area contributed by atoms with Crippen molar-refractivity contribution in [2.24, 2.45) is 0 Å². The number of alkyl halides is 1. The molecule has 2 rings (SSSR count). The third-order valence-electron chi connectivity index (χ3n) is 2.62. The van der Waals surface area contributed by atoms with E-state index in [4.69, 9.17) is 16.3 Å². The predicted molar refractivity (Wildman–Crippen MR) is 75.1 cm³/mol. The molecule has 0 bridgehead atoms. The summed E-state index contributed by atoms with van der Waals surface area (Å²) in [6, 6.07) is 3.37. The lowest BCUT2D eigenvalue weighted by molar-refractivity contribution is -0.115. The van der Waals surface area contributed by atoms with Crippen molar-refractivity contribution in [1.29, 1.82) is 0 Å². The fourth-order valence-electron chi connectivity index (χ4n) is 1.73. The van der Waals surface area contributed by atoms with Crippen molar-refractivity contribution in [2.45, 2.75) is 13.3 Å². The van der Waals surface area contributed by atoms with Crippen LogP contribution in [0, 0.1) is 0 Å². The Morgan fingerprint density at radius 3 is 3.00 bits per heavy atom. The number of rotatable bonds is 5. The molecule has 2 aromatic heterocycles. The summed E-state index contributed by atoms with van der Waals surface area (Å²) in [7, 11) is 0. The molecule has 6 nitrogen and oxygen atoms in total. The Morgan fingerprint density at radius 1 is 1.50 bits per heavy atom. The van der Waals surface area contributed by atoms with Gasteiger partial charge in [-0.1, -0.05) is 0 Å². The van der Waals surface area contributed by atoms with Crippen LogP contribution >= 0.6 is 11.6 Å². The molecule has 0 aliphatic heterocycles. The van der Waals surface area contributed by atoms with Gasteiger partial charge in [0.15, 0.2) is 0 Å². The number of anilines is 1. The van der Waals surface area contributed by atoms with Gasteiger partial charge in [0, 0.05) is 24.2 Å². The minimum absolute atomic E-state index is 0.179. The molecule has 0 radical (unpaired) electrons. The Labute approximate surface area is 120 Å². The third kappa shape index (κ3) is 3.08. The number of halogens is 1. The van der Waals surface area contributed by atoms with E-state index in [-0.39, 0.29) is 18.2 Å². The van der Waals surface area contributed by atoms with Crippen molar-refractivity contribution in [3.05, 3.63) is 30.1 Å². The van der Waals surface area contributed by atoms with Gasteiger partial charge in [-0.25, -0.2) is 9.31 Å². The predicted octanol–water partition coefficient (Wildman–Crippen LogP) is 2.08. The van der Waals surface area contributed by atoms with Crippen molar-refractivity contribution in [3.8, 4) is 0 Å². The summed E-state index contributed by atoms with van der Waals surface area (Å²) < 4.78 is 6.50. The van der Waals surface area contributed by atoms with E-state index < -0.39 is 5.97 Å². The zero-order valence-electron chi connectivity index (χ0n) is 10.9. The van der Waals surface area contributed by atoms with Crippen LogP contribution in [0.25, 0.3) is 5.52 Å². The number of hydrogen-bond donors (Lipinski definition) is 1. The largest absolute Gasteiger partial charge is 0.462 e. The van der Waals surface area contributed by atoms with Crippen molar-refractivity contribution >= 4 is 34.7 Å². The molecule has 0 aromatic carbocycles. The summed E-state index contributed by atoms with van der Waals surface area (Å²) >= 11 is 5.51. The minimum atomic E-state index is -0.438. The van der Waals surface area contributed by atoms with Crippen LogP contribution in [0.3, 0.4) is 0 Å². The first-order chi connectivity index (χ1) is 9.65. The Balaban J connectivity index is 2.29. The van der Waals surface area contributed by atoms with Crippen LogP contribution in [-0.2, 0) is 9.53 Å². The molecule has 20 heavy (non-hydrogen) atoms. The smallest absolute Gasteiger partial charge is 0.341 e. The van der Waals surface area contributed by atoms with Gasteiger partial charge in [-0.05, 0) is 19.1 Å². The van der Waals surface area contributed by atoms with E-state index in [0.717, 1.165) is 0 Å². The summed E-state index contributed by atoms with van der Waals surface area (Å²) in [6.07, 6.45) is 3.34. The minimum Gasteiger partial charge on any atom is -0.462 e. The molecular formula is C13H14ClN3O3. The van der Waals surface area contributed by atoms with E-state index in [2.05, 4.69) is 10.4 Å². The second kappa shape index (κ2) is 6.38. The van der Waals surface area contributed by atoms with Gasteiger partial charge < -0.3 is 10.1 Å². The number of pyridine rings is 1. The van der Waals surface area contributed by atoms with E-state index in [1.807, 2.05) is 0 Å². The second-order valence-corrected chi connectivity index (χ2v) is 4.39. The number of hydrogen-bond acceptors (Lipinski definition) is 4. The van der Waals surface area contributed by atoms with Gasteiger partial charge in [0.1, 0.15) is 5.56 Å². The van der Waals surface area contributed by atoms with Crippen molar-refractivity contribution in [1.82, 2.24) is 9.61 Å². The van der Waals surface area contributed by atoms with Crippen LogP contribution in [0.2, 0.25) is 0 Å². The molecule has 0 saturated carbocycles. The molecular weight excluding hydrogens is 282 g/mol. The molecule has 0 atom stereocenters. The highest BCUT2D eigenvalue weighted by Gasteiger charge is 2.14. The number of esters is 1. The number of aromatic nitrogens is 2. The topological polar surface area (TPSA) is 72.7 Å².